The van der Waals surface area contributed by atoms with E-state index in [0.29, 0.717) is 6.17 Å². The Hall–Kier alpha value is -2.74. The van der Waals surface area contributed by atoms with Crippen molar-refractivity contribution in [1.29, 1.82) is 0 Å². The number of fused-ring (bicyclic) bond motifs is 5. The zero-order valence-electron chi connectivity index (χ0n) is 12.2. The van der Waals surface area contributed by atoms with Crippen LogP contribution in [-0.2, 0) is 6.42 Å². The molecule has 106 valence electrons. The van der Waals surface area contributed by atoms with Crippen molar-refractivity contribution < 1.29 is 0 Å². The zero-order chi connectivity index (χ0) is 14.5. The van der Waals surface area contributed by atoms with Crippen LogP contribution in [0.2, 0.25) is 0 Å². The van der Waals surface area contributed by atoms with Crippen molar-refractivity contribution in [1.82, 2.24) is 0 Å². The second kappa shape index (κ2) is 4.38. The Kier molecular flexibility index (Phi) is 2.36. The predicted octanol–water partition coefficient (Wildman–Crippen LogP) is 4.86. The molecule has 0 saturated heterocycles. The Bertz CT molecular complexity index is 826. The fourth-order valence-electron chi connectivity index (χ4n) is 3.80. The molecule has 1 unspecified atom stereocenters. The third kappa shape index (κ3) is 1.49. The summed E-state index contributed by atoms with van der Waals surface area (Å²) >= 11 is 0. The molecule has 0 radical (unpaired) electrons. The van der Waals surface area contributed by atoms with Crippen LogP contribution in [0.4, 0.5) is 22.7 Å². The molecule has 0 bridgehead atoms. The van der Waals surface area contributed by atoms with Crippen molar-refractivity contribution in [2.45, 2.75) is 12.6 Å². The number of anilines is 4. The van der Waals surface area contributed by atoms with E-state index in [1.54, 1.807) is 0 Å². The summed E-state index contributed by atoms with van der Waals surface area (Å²) in [6.07, 6.45) is 1.40. The highest BCUT2D eigenvalue weighted by Gasteiger charge is 2.42. The summed E-state index contributed by atoms with van der Waals surface area (Å²) in [5, 5.41) is 0. The fourth-order valence-corrected chi connectivity index (χ4v) is 3.80. The van der Waals surface area contributed by atoms with E-state index in [9.17, 15) is 0 Å². The molecule has 1 atom stereocenters. The lowest BCUT2D eigenvalue weighted by Gasteiger charge is -2.27. The highest BCUT2D eigenvalue weighted by molar-refractivity contribution is 5.90. The van der Waals surface area contributed by atoms with Gasteiger partial charge >= 0.3 is 0 Å². The van der Waals surface area contributed by atoms with Crippen molar-refractivity contribution in [3.63, 3.8) is 0 Å². The molecule has 5 rings (SSSR count). The second-order valence-corrected chi connectivity index (χ2v) is 5.88. The maximum absolute atomic E-state index is 2.48. The molecule has 0 spiro atoms. The van der Waals surface area contributed by atoms with Crippen molar-refractivity contribution >= 4 is 22.7 Å². The van der Waals surface area contributed by atoms with Gasteiger partial charge in [0.1, 0.15) is 6.17 Å². The fraction of sp³-hybridized carbons (Fsp3) is 0.100. The standard InChI is InChI=1S/C20H16N2/c1-2-9-16(10-3-1)21-18-12-6-7-13-19(18)22-17-11-5-4-8-15(17)14-20(21)22/h1-13,20H,14H2. The van der Waals surface area contributed by atoms with Crippen molar-refractivity contribution in [2.24, 2.45) is 0 Å². The van der Waals surface area contributed by atoms with E-state index in [1.165, 1.54) is 28.3 Å². The molecule has 3 aromatic carbocycles. The van der Waals surface area contributed by atoms with Crippen molar-refractivity contribution in [3.05, 3.63) is 84.4 Å². The summed E-state index contributed by atoms with van der Waals surface area (Å²) in [7, 11) is 0. The largest absolute Gasteiger partial charge is 0.318 e. The molecular weight excluding hydrogens is 268 g/mol. The van der Waals surface area contributed by atoms with E-state index in [4.69, 9.17) is 0 Å². The first kappa shape index (κ1) is 11.9. The number of hydrogen-bond donors (Lipinski definition) is 0. The molecule has 2 heterocycles. The molecule has 2 aliphatic rings. The van der Waals surface area contributed by atoms with Gasteiger partial charge in [-0.3, -0.25) is 0 Å². The number of para-hydroxylation sites is 4. The number of benzene rings is 3. The first-order chi connectivity index (χ1) is 10.9. The highest BCUT2D eigenvalue weighted by atomic mass is 15.4. The van der Waals surface area contributed by atoms with Crippen LogP contribution < -0.4 is 9.80 Å². The summed E-state index contributed by atoms with van der Waals surface area (Å²) in [6, 6.07) is 28.2. The van der Waals surface area contributed by atoms with Gasteiger partial charge in [0.05, 0.1) is 11.4 Å². The lowest BCUT2D eigenvalue weighted by Crippen LogP contribution is -2.35. The molecule has 0 amide bonds. The minimum atomic E-state index is 0.345. The number of nitrogens with zero attached hydrogens (tertiary/aromatic N) is 2. The normalized spacial score (nSPS) is 18.1. The van der Waals surface area contributed by atoms with Gasteiger partial charge in [-0.15, -0.1) is 0 Å². The van der Waals surface area contributed by atoms with Crippen LogP contribution in [0, 0.1) is 0 Å². The SMILES string of the molecule is c1ccc(N2c3ccccc3N3c4ccccc4CC23)cc1. The lowest BCUT2D eigenvalue weighted by atomic mass is 10.1. The van der Waals surface area contributed by atoms with Crippen LogP contribution >= 0.6 is 0 Å². The Morgan fingerprint density at radius 1 is 0.591 bits per heavy atom. The molecule has 0 aromatic heterocycles. The van der Waals surface area contributed by atoms with E-state index < -0.39 is 0 Å². The van der Waals surface area contributed by atoms with E-state index in [1.807, 2.05) is 0 Å². The number of hydrogen-bond acceptors (Lipinski definition) is 2. The molecule has 0 N–H and O–H groups in total. The van der Waals surface area contributed by atoms with E-state index in [-0.39, 0.29) is 0 Å². The zero-order valence-corrected chi connectivity index (χ0v) is 12.2. The van der Waals surface area contributed by atoms with Crippen molar-refractivity contribution in [3.8, 4) is 0 Å². The van der Waals surface area contributed by atoms with E-state index in [0.717, 1.165) is 6.42 Å². The summed E-state index contributed by atoms with van der Waals surface area (Å²) in [5.74, 6) is 0. The lowest BCUT2D eigenvalue weighted by molar-refractivity contribution is 0.729. The first-order valence-corrected chi connectivity index (χ1v) is 7.74. The molecule has 2 aliphatic heterocycles. The third-order valence-electron chi connectivity index (χ3n) is 4.68. The third-order valence-corrected chi connectivity index (χ3v) is 4.68. The van der Waals surface area contributed by atoms with Gasteiger partial charge in [-0.2, -0.15) is 0 Å². The van der Waals surface area contributed by atoms with Crippen LogP contribution in [0.3, 0.4) is 0 Å². The van der Waals surface area contributed by atoms with Gasteiger partial charge in [-0.25, -0.2) is 0 Å². The Morgan fingerprint density at radius 2 is 1.18 bits per heavy atom. The minimum absolute atomic E-state index is 0.345. The van der Waals surface area contributed by atoms with Gasteiger partial charge in [0, 0.05) is 17.8 Å². The Balaban J connectivity index is 1.73. The second-order valence-electron chi connectivity index (χ2n) is 5.88. The number of rotatable bonds is 1. The van der Waals surface area contributed by atoms with Gasteiger partial charge in [0.2, 0.25) is 0 Å². The average molecular weight is 284 g/mol. The summed E-state index contributed by atoms with van der Waals surface area (Å²) in [4.78, 5) is 4.95. The van der Waals surface area contributed by atoms with E-state index in [2.05, 4.69) is 88.7 Å². The maximum Gasteiger partial charge on any atom is 0.115 e. The Morgan fingerprint density at radius 3 is 1.95 bits per heavy atom. The van der Waals surface area contributed by atoms with Crippen LogP contribution in [0.15, 0.2) is 78.9 Å². The average Bonchev–Trinajstić information content (AvgIpc) is 3.10. The maximum atomic E-state index is 2.48. The highest BCUT2D eigenvalue weighted by Crippen LogP contribution is 2.52. The van der Waals surface area contributed by atoms with Gasteiger partial charge in [0.25, 0.3) is 0 Å². The first-order valence-electron chi connectivity index (χ1n) is 7.74. The Labute approximate surface area is 130 Å². The molecule has 3 aromatic rings. The molecule has 2 heteroatoms. The summed E-state index contributed by atoms with van der Waals surface area (Å²) in [5.41, 5.74) is 6.64. The quantitative estimate of drug-likeness (QED) is 0.629. The van der Waals surface area contributed by atoms with Crippen LogP contribution in [0.5, 0.6) is 0 Å². The molecule has 2 nitrogen and oxygen atoms in total. The molecule has 0 saturated carbocycles. The molecular formula is C20H16N2. The predicted molar refractivity (Wildman–Crippen MR) is 91.1 cm³/mol. The van der Waals surface area contributed by atoms with Gasteiger partial charge in [-0.05, 0) is 35.9 Å². The van der Waals surface area contributed by atoms with E-state index >= 15 is 0 Å². The van der Waals surface area contributed by atoms with Crippen molar-refractivity contribution in [2.75, 3.05) is 9.80 Å². The molecule has 0 aliphatic carbocycles. The summed E-state index contributed by atoms with van der Waals surface area (Å²) < 4.78 is 0. The van der Waals surface area contributed by atoms with Gasteiger partial charge < -0.3 is 9.80 Å². The van der Waals surface area contributed by atoms with Gasteiger partial charge in [0.15, 0.2) is 0 Å². The molecule has 22 heavy (non-hydrogen) atoms. The molecule has 0 fully saturated rings. The topological polar surface area (TPSA) is 6.48 Å². The summed E-state index contributed by atoms with van der Waals surface area (Å²) in [6.45, 7) is 0. The van der Waals surface area contributed by atoms with Crippen LogP contribution in [0.1, 0.15) is 5.56 Å². The van der Waals surface area contributed by atoms with Crippen LogP contribution in [0.25, 0.3) is 0 Å². The monoisotopic (exact) mass is 284 g/mol. The van der Waals surface area contributed by atoms with Gasteiger partial charge in [-0.1, -0.05) is 48.5 Å². The smallest absolute Gasteiger partial charge is 0.115 e. The minimum Gasteiger partial charge on any atom is -0.318 e. The van der Waals surface area contributed by atoms with Crippen LogP contribution in [-0.4, -0.2) is 6.17 Å².